The van der Waals surface area contributed by atoms with Crippen molar-refractivity contribution in [3.63, 3.8) is 0 Å². The highest BCUT2D eigenvalue weighted by Gasteiger charge is 2.06. The van der Waals surface area contributed by atoms with Gasteiger partial charge in [-0.25, -0.2) is 15.8 Å². The van der Waals surface area contributed by atoms with E-state index in [2.05, 4.69) is 25.6 Å². The maximum atomic E-state index is 5.31. The molecule has 0 atom stereocenters. The van der Waals surface area contributed by atoms with Gasteiger partial charge in [0.05, 0.1) is 11.6 Å². The van der Waals surface area contributed by atoms with Gasteiger partial charge in [-0.15, -0.1) is 0 Å². The third-order valence-electron chi connectivity index (χ3n) is 1.61. The number of nitrogens with zero attached hydrogens (tertiary/aromatic N) is 3. The first-order valence-corrected chi connectivity index (χ1v) is 4.79. The topological polar surface area (TPSA) is 92.5 Å². The van der Waals surface area contributed by atoms with Crippen LogP contribution in [0.1, 0.15) is 0 Å². The normalized spacial score (nSPS) is 10.6. The van der Waals surface area contributed by atoms with Gasteiger partial charge in [0.15, 0.2) is 16.6 Å². The molecule has 68 valence electrons. The molecular formula is C6H8N6S. The maximum Gasteiger partial charge on any atom is 0.191 e. The van der Waals surface area contributed by atoms with E-state index in [9.17, 15) is 0 Å². The van der Waals surface area contributed by atoms with E-state index in [0.717, 1.165) is 5.39 Å². The van der Waals surface area contributed by atoms with Crippen molar-refractivity contribution < 1.29 is 0 Å². The van der Waals surface area contributed by atoms with E-state index in [1.54, 1.807) is 6.20 Å². The van der Waals surface area contributed by atoms with E-state index >= 15 is 0 Å². The Morgan fingerprint density at radius 2 is 2.38 bits per heavy atom. The highest BCUT2D eigenvalue weighted by atomic mass is 32.2. The highest BCUT2D eigenvalue weighted by Crippen LogP contribution is 2.20. The molecule has 0 bridgehead atoms. The molecule has 0 aliphatic heterocycles. The SMILES string of the molecule is CSc1nc(NN)c2cn[nH]c2n1. The second kappa shape index (κ2) is 3.19. The number of hydrazine groups is 1. The number of rotatable bonds is 2. The fourth-order valence-corrected chi connectivity index (χ4v) is 1.38. The molecule has 2 heterocycles. The molecule has 0 spiro atoms. The summed E-state index contributed by atoms with van der Waals surface area (Å²) in [5, 5.41) is 8.06. The second-order valence-electron chi connectivity index (χ2n) is 2.34. The van der Waals surface area contributed by atoms with Crippen LogP contribution in [0.25, 0.3) is 11.0 Å². The molecule has 0 radical (unpaired) electrons. The van der Waals surface area contributed by atoms with Crippen molar-refractivity contribution >= 4 is 28.6 Å². The van der Waals surface area contributed by atoms with Crippen molar-refractivity contribution in [2.45, 2.75) is 5.16 Å². The number of nitrogens with two attached hydrogens (primary N) is 1. The van der Waals surface area contributed by atoms with Crippen molar-refractivity contribution in [3.05, 3.63) is 6.20 Å². The lowest BCUT2D eigenvalue weighted by Gasteiger charge is -2.01. The molecule has 0 unspecified atom stereocenters. The van der Waals surface area contributed by atoms with Crippen LogP contribution >= 0.6 is 11.8 Å². The summed E-state index contributed by atoms with van der Waals surface area (Å²) in [6, 6.07) is 0. The molecular weight excluding hydrogens is 188 g/mol. The van der Waals surface area contributed by atoms with Crippen LogP contribution in [0.4, 0.5) is 5.82 Å². The molecule has 0 aromatic carbocycles. The molecule has 2 aromatic heterocycles. The Balaban J connectivity index is 2.70. The van der Waals surface area contributed by atoms with Crippen LogP contribution in [0.5, 0.6) is 0 Å². The summed E-state index contributed by atoms with van der Waals surface area (Å²) in [7, 11) is 0. The van der Waals surface area contributed by atoms with Gasteiger partial charge in [-0.1, -0.05) is 11.8 Å². The van der Waals surface area contributed by atoms with Gasteiger partial charge in [-0.05, 0) is 6.26 Å². The number of nitrogens with one attached hydrogen (secondary N) is 2. The molecule has 0 aliphatic rings. The number of H-pyrrole nitrogens is 1. The number of nitrogen functional groups attached to an aromatic ring is 1. The third-order valence-corrected chi connectivity index (χ3v) is 2.16. The molecule has 0 fully saturated rings. The summed E-state index contributed by atoms with van der Waals surface area (Å²) >= 11 is 1.45. The molecule has 0 amide bonds. The van der Waals surface area contributed by atoms with E-state index in [1.165, 1.54) is 11.8 Å². The minimum atomic E-state index is 0.586. The quantitative estimate of drug-likeness (QED) is 0.278. The molecule has 2 aromatic rings. The monoisotopic (exact) mass is 196 g/mol. The van der Waals surface area contributed by atoms with Gasteiger partial charge in [0.1, 0.15) is 0 Å². The predicted molar refractivity (Wildman–Crippen MR) is 51.3 cm³/mol. The Labute approximate surface area is 78.3 Å². The Hall–Kier alpha value is -1.34. The van der Waals surface area contributed by atoms with E-state index in [-0.39, 0.29) is 0 Å². The lowest BCUT2D eigenvalue weighted by atomic mass is 10.4. The molecule has 2 rings (SSSR count). The number of hydrogen-bond donors (Lipinski definition) is 3. The van der Waals surface area contributed by atoms with E-state index in [0.29, 0.717) is 16.6 Å². The molecule has 0 aliphatic carbocycles. The first kappa shape index (κ1) is 8.27. The fourth-order valence-electron chi connectivity index (χ4n) is 1.02. The zero-order chi connectivity index (χ0) is 9.26. The van der Waals surface area contributed by atoms with Crippen molar-refractivity contribution in [2.24, 2.45) is 5.84 Å². The standard InChI is InChI=1S/C6H8N6S/c1-13-6-9-4(11-7)3-2-8-12-5(3)10-6/h2H,7H2,1H3,(H2,8,9,10,11,12). The van der Waals surface area contributed by atoms with Gasteiger partial charge in [0.2, 0.25) is 0 Å². The van der Waals surface area contributed by atoms with Gasteiger partial charge in [-0.2, -0.15) is 5.10 Å². The minimum absolute atomic E-state index is 0.586. The smallest absolute Gasteiger partial charge is 0.191 e. The number of anilines is 1. The maximum absolute atomic E-state index is 5.31. The van der Waals surface area contributed by atoms with Crippen LogP contribution < -0.4 is 11.3 Å². The van der Waals surface area contributed by atoms with Gasteiger partial charge in [-0.3, -0.25) is 5.10 Å². The number of thioether (sulfide) groups is 1. The van der Waals surface area contributed by atoms with E-state index in [4.69, 9.17) is 5.84 Å². The summed E-state index contributed by atoms with van der Waals surface area (Å²) in [5.41, 5.74) is 3.19. The van der Waals surface area contributed by atoms with Crippen molar-refractivity contribution in [2.75, 3.05) is 11.7 Å². The second-order valence-corrected chi connectivity index (χ2v) is 3.11. The number of aromatic nitrogens is 4. The van der Waals surface area contributed by atoms with Gasteiger partial charge in [0.25, 0.3) is 0 Å². The molecule has 13 heavy (non-hydrogen) atoms. The molecule has 7 heteroatoms. The average molecular weight is 196 g/mol. The van der Waals surface area contributed by atoms with Crippen LogP contribution in [0.15, 0.2) is 11.4 Å². The van der Waals surface area contributed by atoms with Gasteiger partial charge < -0.3 is 5.43 Å². The largest absolute Gasteiger partial charge is 0.308 e. The minimum Gasteiger partial charge on any atom is -0.308 e. The summed E-state index contributed by atoms with van der Waals surface area (Å²) in [6.45, 7) is 0. The van der Waals surface area contributed by atoms with E-state index in [1.807, 2.05) is 6.26 Å². The summed E-state index contributed by atoms with van der Waals surface area (Å²) < 4.78 is 0. The van der Waals surface area contributed by atoms with Crippen LogP contribution in [0.2, 0.25) is 0 Å². The van der Waals surface area contributed by atoms with Crippen molar-refractivity contribution in [3.8, 4) is 0 Å². The van der Waals surface area contributed by atoms with Gasteiger partial charge in [0, 0.05) is 0 Å². The zero-order valence-electron chi connectivity index (χ0n) is 6.90. The Bertz CT molecular complexity index is 424. The molecule has 0 saturated heterocycles. The first-order valence-electron chi connectivity index (χ1n) is 3.57. The Morgan fingerprint density at radius 1 is 1.54 bits per heavy atom. The lowest BCUT2D eigenvalue weighted by Crippen LogP contribution is -2.09. The third kappa shape index (κ3) is 1.31. The zero-order valence-corrected chi connectivity index (χ0v) is 7.72. The number of aromatic amines is 1. The number of fused-ring (bicyclic) bond motifs is 1. The summed E-state index contributed by atoms with van der Waals surface area (Å²) in [6.07, 6.45) is 3.53. The molecule has 0 saturated carbocycles. The van der Waals surface area contributed by atoms with Crippen LogP contribution in [-0.4, -0.2) is 26.4 Å². The predicted octanol–water partition coefficient (Wildman–Crippen LogP) is 0.360. The lowest BCUT2D eigenvalue weighted by molar-refractivity contribution is 0.981. The van der Waals surface area contributed by atoms with Crippen LogP contribution in [0, 0.1) is 0 Å². The molecule has 4 N–H and O–H groups in total. The Morgan fingerprint density at radius 3 is 3.08 bits per heavy atom. The average Bonchev–Trinajstić information content (AvgIpc) is 2.63. The van der Waals surface area contributed by atoms with Gasteiger partial charge >= 0.3 is 0 Å². The summed E-state index contributed by atoms with van der Waals surface area (Å²) in [4.78, 5) is 8.37. The molecule has 6 nitrogen and oxygen atoms in total. The highest BCUT2D eigenvalue weighted by molar-refractivity contribution is 7.98. The van der Waals surface area contributed by atoms with Crippen LogP contribution in [-0.2, 0) is 0 Å². The van der Waals surface area contributed by atoms with Crippen molar-refractivity contribution in [1.82, 2.24) is 20.2 Å². The van der Waals surface area contributed by atoms with E-state index < -0.39 is 0 Å². The summed E-state index contributed by atoms with van der Waals surface area (Å²) in [5.74, 6) is 5.89. The number of hydrogen-bond acceptors (Lipinski definition) is 6. The Kier molecular flexibility index (Phi) is 2.03. The first-order chi connectivity index (χ1) is 6.35. The van der Waals surface area contributed by atoms with Crippen LogP contribution in [0.3, 0.4) is 0 Å². The van der Waals surface area contributed by atoms with Crippen molar-refractivity contribution in [1.29, 1.82) is 0 Å². The fraction of sp³-hybridized carbons (Fsp3) is 0.167.